The van der Waals surface area contributed by atoms with Gasteiger partial charge in [0, 0.05) is 13.0 Å². The van der Waals surface area contributed by atoms with E-state index < -0.39 is 17.9 Å². The number of carbonyl (C=O) groups excluding carboxylic acids is 1. The topological polar surface area (TPSA) is 97.6 Å². The molecule has 1 aromatic heterocycles. The van der Waals surface area contributed by atoms with Crippen molar-refractivity contribution >= 4 is 23.5 Å². The van der Waals surface area contributed by atoms with Gasteiger partial charge in [-0.15, -0.1) is 5.10 Å². The van der Waals surface area contributed by atoms with Gasteiger partial charge in [-0.25, -0.2) is 14.5 Å². The summed E-state index contributed by atoms with van der Waals surface area (Å²) >= 11 is 6.21. The molecule has 1 fully saturated rings. The van der Waals surface area contributed by atoms with Crippen molar-refractivity contribution in [3.05, 3.63) is 40.9 Å². The molecule has 2 heterocycles. The molecule has 0 bridgehead atoms. The lowest BCUT2D eigenvalue weighted by Crippen LogP contribution is -2.52. The molecule has 25 heavy (non-hydrogen) atoms. The summed E-state index contributed by atoms with van der Waals surface area (Å²) in [5.74, 6) is -1.13. The monoisotopic (exact) mass is 364 g/mol. The summed E-state index contributed by atoms with van der Waals surface area (Å²) in [4.78, 5) is 29.6. The summed E-state index contributed by atoms with van der Waals surface area (Å²) in [5.41, 5.74) is 0.615. The molecule has 1 aliphatic rings. The molecule has 0 radical (unpaired) electrons. The normalized spacial score (nSPS) is 17.5. The predicted octanol–water partition coefficient (Wildman–Crippen LogP) is 1.41. The van der Waals surface area contributed by atoms with Crippen molar-refractivity contribution < 1.29 is 19.4 Å². The van der Waals surface area contributed by atoms with Gasteiger partial charge in [-0.1, -0.05) is 30.7 Å². The van der Waals surface area contributed by atoms with Crippen molar-refractivity contribution in [3.8, 4) is 5.69 Å². The zero-order valence-electron chi connectivity index (χ0n) is 13.6. The van der Waals surface area contributed by atoms with Crippen molar-refractivity contribution in [1.29, 1.82) is 0 Å². The fourth-order valence-electron chi connectivity index (χ4n) is 2.66. The van der Waals surface area contributed by atoms with Crippen molar-refractivity contribution in [3.63, 3.8) is 0 Å². The first-order valence-electron chi connectivity index (χ1n) is 7.85. The second-order valence-corrected chi connectivity index (χ2v) is 5.90. The lowest BCUT2D eigenvalue weighted by molar-refractivity contribution is -0.147. The number of nitrogens with zero attached hydrogens (tertiary/aromatic N) is 4. The number of halogens is 1. The highest BCUT2D eigenvalue weighted by molar-refractivity contribution is 6.32. The molecule has 0 spiro atoms. The van der Waals surface area contributed by atoms with E-state index >= 15 is 0 Å². The number of para-hydroxylation sites is 1. The third kappa shape index (κ3) is 3.35. The maximum Gasteiger partial charge on any atom is 0.328 e. The number of morpholine rings is 1. The molecule has 1 aromatic carbocycles. The van der Waals surface area contributed by atoms with E-state index in [4.69, 9.17) is 16.3 Å². The third-order valence-corrected chi connectivity index (χ3v) is 4.26. The zero-order chi connectivity index (χ0) is 18.0. The number of hydrogen-bond donors (Lipinski definition) is 1. The van der Waals surface area contributed by atoms with E-state index in [1.165, 1.54) is 9.58 Å². The van der Waals surface area contributed by atoms with Crippen LogP contribution in [0.5, 0.6) is 0 Å². The van der Waals surface area contributed by atoms with Crippen LogP contribution in [0.25, 0.3) is 5.69 Å². The maximum atomic E-state index is 12.7. The molecular weight excluding hydrogens is 348 g/mol. The van der Waals surface area contributed by atoms with Crippen molar-refractivity contribution in [2.45, 2.75) is 19.4 Å². The Bertz CT molecular complexity index is 807. The summed E-state index contributed by atoms with van der Waals surface area (Å²) in [5, 5.41) is 14.0. The molecule has 9 heteroatoms. The van der Waals surface area contributed by atoms with Crippen LogP contribution in [0.4, 0.5) is 0 Å². The Morgan fingerprint density at radius 1 is 1.40 bits per heavy atom. The molecule has 1 amide bonds. The van der Waals surface area contributed by atoms with E-state index in [0.717, 1.165) is 0 Å². The highest BCUT2D eigenvalue weighted by atomic mass is 35.5. The number of carboxylic acids is 1. The van der Waals surface area contributed by atoms with E-state index in [-0.39, 0.29) is 25.6 Å². The molecule has 1 aliphatic heterocycles. The Hall–Kier alpha value is -2.45. The summed E-state index contributed by atoms with van der Waals surface area (Å²) in [7, 11) is 0. The molecule has 8 nitrogen and oxygen atoms in total. The minimum Gasteiger partial charge on any atom is -0.480 e. The van der Waals surface area contributed by atoms with Crippen LogP contribution in [0.2, 0.25) is 5.02 Å². The molecule has 1 N–H and O–H groups in total. The molecule has 2 aromatic rings. The molecule has 132 valence electrons. The van der Waals surface area contributed by atoms with Gasteiger partial charge in [0.25, 0.3) is 5.91 Å². The Morgan fingerprint density at radius 2 is 2.16 bits per heavy atom. The van der Waals surface area contributed by atoms with Crippen LogP contribution < -0.4 is 0 Å². The molecule has 3 rings (SSSR count). The van der Waals surface area contributed by atoms with Gasteiger partial charge in [-0.05, 0) is 12.1 Å². The molecule has 1 atom stereocenters. The van der Waals surface area contributed by atoms with Gasteiger partial charge in [0.05, 0.1) is 23.9 Å². The maximum absolute atomic E-state index is 12.7. The van der Waals surface area contributed by atoms with Gasteiger partial charge in [-0.2, -0.15) is 0 Å². The first-order valence-corrected chi connectivity index (χ1v) is 8.23. The zero-order valence-corrected chi connectivity index (χ0v) is 14.3. The number of hydrogen-bond acceptors (Lipinski definition) is 5. The Balaban J connectivity index is 1.97. The van der Waals surface area contributed by atoms with Gasteiger partial charge >= 0.3 is 5.97 Å². The quantitative estimate of drug-likeness (QED) is 0.880. The number of carbonyl (C=O) groups is 2. The number of aromatic nitrogens is 3. The highest BCUT2D eigenvalue weighted by Crippen LogP contribution is 2.21. The summed E-state index contributed by atoms with van der Waals surface area (Å²) in [6.45, 7) is 2.30. The number of carboxylic acid groups (broad SMARTS) is 1. The van der Waals surface area contributed by atoms with Crippen LogP contribution in [0.3, 0.4) is 0 Å². The first kappa shape index (κ1) is 17.4. The predicted molar refractivity (Wildman–Crippen MR) is 89.0 cm³/mol. The molecular formula is C16H17ClN4O4. The van der Waals surface area contributed by atoms with Gasteiger partial charge in [0.1, 0.15) is 5.82 Å². The largest absolute Gasteiger partial charge is 0.480 e. The lowest BCUT2D eigenvalue weighted by atomic mass is 10.2. The van der Waals surface area contributed by atoms with Crippen LogP contribution in [0.15, 0.2) is 24.3 Å². The van der Waals surface area contributed by atoms with Crippen LogP contribution in [-0.2, 0) is 16.0 Å². The number of aliphatic carboxylic acids is 1. The Labute approximate surface area is 149 Å². The van der Waals surface area contributed by atoms with Crippen LogP contribution in [0, 0.1) is 0 Å². The van der Waals surface area contributed by atoms with Gasteiger partial charge in [0.2, 0.25) is 5.82 Å². The van der Waals surface area contributed by atoms with Crippen LogP contribution in [0.1, 0.15) is 23.4 Å². The standard InChI is InChI=1S/C16H17ClN4O4/c1-2-13-18-14(19-21(13)11-6-4-3-5-10(11)17)15(22)20-7-8-25-9-12(20)16(23)24/h3-6,12H,2,7-9H2,1H3,(H,23,24)/t12-/m0/s1. The highest BCUT2D eigenvalue weighted by Gasteiger charge is 2.35. The minimum atomic E-state index is -1.12. The minimum absolute atomic E-state index is 0.0487. The molecule has 1 saturated heterocycles. The summed E-state index contributed by atoms with van der Waals surface area (Å²) in [6, 6.07) is 6.07. The Kier molecular flexibility index (Phi) is 5.00. The fourth-order valence-corrected chi connectivity index (χ4v) is 2.88. The molecule has 0 unspecified atom stereocenters. The second kappa shape index (κ2) is 7.20. The molecule has 0 saturated carbocycles. The van der Waals surface area contributed by atoms with Crippen LogP contribution >= 0.6 is 11.6 Å². The number of aryl methyl sites for hydroxylation is 1. The van der Waals surface area contributed by atoms with Gasteiger partial charge in [0.15, 0.2) is 6.04 Å². The van der Waals surface area contributed by atoms with E-state index in [0.29, 0.717) is 23.0 Å². The molecule has 0 aliphatic carbocycles. The Morgan fingerprint density at radius 3 is 2.84 bits per heavy atom. The average molecular weight is 365 g/mol. The lowest BCUT2D eigenvalue weighted by Gasteiger charge is -2.31. The van der Waals surface area contributed by atoms with Crippen molar-refractivity contribution in [2.24, 2.45) is 0 Å². The number of rotatable bonds is 4. The van der Waals surface area contributed by atoms with Gasteiger partial charge in [-0.3, -0.25) is 4.79 Å². The van der Waals surface area contributed by atoms with Crippen molar-refractivity contribution in [1.82, 2.24) is 19.7 Å². The number of ether oxygens (including phenoxy) is 1. The van der Waals surface area contributed by atoms with E-state index in [1.807, 2.05) is 13.0 Å². The van der Waals surface area contributed by atoms with Crippen molar-refractivity contribution in [2.75, 3.05) is 19.8 Å². The average Bonchev–Trinajstić information content (AvgIpc) is 3.05. The van der Waals surface area contributed by atoms with E-state index in [1.54, 1.807) is 18.2 Å². The summed E-state index contributed by atoms with van der Waals surface area (Å²) < 4.78 is 6.68. The fraction of sp³-hybridized carbons (Fsp3) is 0.375. The number of amides is 1. The van der Waals surface area contributed by atoms with E-state index in [2.05, 4.69) is 10.1 Å². The smallest absolute Gasteiger partial charge is 0.328 e. The number of benzene rings is 1. The van der Waals surface area contributed by atoms with Gasteiger partial charge < -0.3 is 14.7 Å². The SMILES string of the molecule is CCc1nc(C(=O)N2CCOC[C@H]2C(=O)O)nn1-c1ccccc1Cl. The summed E-state index contributed by atoms with van der Waals surface area (Å²) in [6.07, 6.45) is 0.539. The van der Waals surface area contributed by atoms with E-state index in [9.17, 15) is 14.7 Å². The first-order chi connectivity index (χ1) is 12.0. The third-order valence-electron chi connectivity index (χ3n) is 3.94. The second-order valence-electron chi connectivity index (χ2n) is 5.50. The van der Waals surface area contributed by atoms with Crippen LogP contribution in [-0.4, -0.2) is 62.4 Å².